The summed E-state index contributed by atoms with van der Waals surface area (Å²) in [5, 5.41) is 8.78. The van der Waals surface area contributed by atoms with Crippen molar-refractivity contribution in [3.63, 3.8) is 0 Å². The molecule has 0 bridgehead atoms. The van der Waals surface area contributed by atoms with Crippen LogP contribution >= 0.6 is 15.9 Å². The molecule has 1 saturated heterocycles. The summed E-state index contributed by atoms with van der Waals surface area (Å²) in [5.74, 6) is -0.656. The van der Waals surface area contributed by atoms with Crippen LogP contribution in [0, 0.1) is 10.8 Å². The Balaban J connectivity index is 0.000000270. The maximum Gasteiger partial charge on any atom is 0.490 e. The molecule has 374 valence electrons. The van der Waals surface area contributed by atoms with E-state index in [0.29, 0.717) is 51.0 Å². The van der Waals surface area contributed by atoms with Gasteiger partial charge in [-0.05, 0) is 160 Å². The van der Waals surface area contributed by atoms with Gasteiger partial charge in [0, 0.05) is 61.6 Å². The monoisotopic (exact) mass is 991 g/mol. The normalized spacial score (nSPS) is 19.3. The molecule has 0 amide bonds. The SMILES string of the molecule is C.C.CCOC(=O)c1nn2c(c1Br)CCC2.CCOCC1(COCC)CC=C(B2OC(C)(C)C(C)(C)O2)CC1.CCOCC1(COCC)CC=C(c2c(C(=O)OCC)nn3c2CCC3)CC1. The Morgan fingerprint density at radius 1 is 0.636 bits per heavy atom. The first-order valence-electron chi connectivity index (χ1n) is 23.9. The molecule has 0 atom stereocenters. The van der Waals surface area contributed by atoms with Crippen molar-refractivity contribution in [2.45, 2.75) is 173 Å². The summed E-state index contributed by atoms with van der Waals surface area (Å²) >= 11 is 3.39. The standard InChI is InChI=1S/C21H32N2O4.C18H33BO4.C9H11BrN2O2.2CH4/c1-4-25-14-21(15-26-5-2)11-9-16(10-12-21)18-17-8-7-13-23(17)22-19(18)20(24)27-6-3;1-7-20-13-18(14-21-8-2)11-9-15(10-12-18)19-22-16(3,4)17(5,6)23-19;1-2-14-9(13)8-7(10)6-4-3-5-12(6)11-8;;/h9H,4-8,10-15H2,1-3H3;9H,7-8,10-14H2,1-6H3;2-5H2,1H3;2*1H4. The lowest BCUT2D eigenvalue weighted by Gasteiger charge is -2.36. The highest BCUT2D eigenvalue weighted by atomic mass is 79.9. The molecular formula is C50H84BBrN4O10. The molecule has 66 heavy (non-hydrogen) atoms. The molecule has 5 heterocycles. The maximum atomic E-state index is 12.5. The second-order valence-electron chi connectivity index (χ2n) is 18.4. The molecule has 2 aliphatic carbocycles. The molecule has 2 aromatic heterocycles. The van der Waals surface area contributed by atoms with Crippen LogP contribution in [0.5, 0.6) is 0 Å². The number of aryl methyl sites for hydroxylation is 2. The summed E-state index contributed by atoms with van der Waals surface area (Å²) in [4.78, 5) is 23.9. The summed E-state index contributed by atoms with van der Waals surface area (Å²) in [6.07, 6.45) is 14.5. The zero-order chi connectivity index (χ0) is 46.5. The summed E-state index contributed by atoms with van der Waals surface area (Å²) in [6.45, 7) is 28.6. The van der Waals surface area contributed by atoms with E-state index in [1.54, 1.807) is 6.92 Å². The van der Waals surface area contributed by atoms with E-state index in [4.69, 9.17) is 37.7 Å². The number of aromatic nitrogens is 4. The molecule has 0 aromatic carbocycles. The Bertz CT molecular complexity index is 1890. The quantitative estimate of drug-likeness (QED) is 0.104. The van der Waals surface area contributed by atoms with Gasteiger partial charge in [-0.2, -0.15) is 10.2 Å². The third-order valence-corrected chi connectivity index (χ3v) is 14.2. The van der Waals surface area contributed by atoms with Crippen molar-refractivity contribution in [3.8, 4) is 0 Å². The van der Waals surface area contributed by atoms with Crippen molar-refractivity contribution in [2.75, 3.05) is 66.1 Å². The Kier molecular flexibility index (Phi) is 22.8. The van der Waals surface area contributed by atoms with E-state index in [1.807, 2.05) is 44.0 Å². The molecule has 7 rings (SSSR count). The molecule has 0 unspecified atom stereocenters. The lowest BCUT2D eigenvalue weighted by molar-refractivity contribution is -0.0222. The average Bonchev–Trinajstić information content (AvgIpc) is 4.11. The van der Waals surface area contributed by atoms with E-state index in [2.05, 4.69) is 66.0 Å². The minimum atomic E-state index is -0.346. The Morgan fingerprint density at radius 3 is 1.50 bits per heavy atom. The third kappa shape index (κ3) is 13.9. The second kappa shape index (κ2) is 26.2. The highest BCUT2D eigenvalue weighted by Crippen LogP contribution is 2.44. The van der Waals surface area contributed by atoms with Crippen molar-refractivity contribution in [3.05, 3.63) is 50.4 Å². The third-order valence-electron chi connectivity index (χ3n) is 13.3. The molecule has 16 heteroatoms. The minimum Gasteiger partial charge on any atom is -0.461 e. The van der Waals surface area contributed by atoms with Gasteiger partial charge in [0.15, 0.2) is 11.4 Å². The topological polar surface area (TPSA) is 144 Å². The van der Waals surface area contributed by atoms with Gasteiger partial charge in [0.25, 0.3) is 0 Å². The number of rotatable bonds is 18. The van der Waals surface area contributed by atoms with Gasteiger partial charge in [-0.25, -0.2) is 9.59 Å². The second-order valence-corrected chi connectivity index (χ2v) is 19.2. The smallest absolute Gasteiger partial charge is 0.461 e. The van der Waals surface area contributed by atoms with Gasteiger partial charge in [-0.15, -0.1) is 0 Å². The van der Waals surface area contributed by atoms with Gasteiger partial charge < -0.3 is 37.7 Å². The molecule has 0 saturated carbocycles. The van der Waals surface area contributed by atoms with Crippen LogP contribution in [0.1, 0.15) is 173 Å². The number of halogens is 1. The number of carbonyl (C=O) groups excluding carboxylic acids is 2. The van der Waals surface area contributed by atoms with E-state index < -0.39 is 0 Å². The van der Waals surface area contributed by atoms with Crippen molar-refractivity contribution >= 4 is 40.6 Å². The first-order valence-corrected chi connectivity index (χ1v) is 24.7. The van der Waals surface area contributed by atoms with Crippen molar-refractivity contribution < 1.29 is 47.3 Å². The Morgan fingerprint density at radius 2 is 1.08 bits per heavy atom. The largest absolute Gasteiger partial charge is 0.490 e. The van der Waals surface area contributed by atoms with Crippen LogP contribution < -0.4 is 0 Å². The van der Waals surface area contributed by atoms with Crippen molar-refractivity contribution in [1.29, 1.82) is 0 Å². The van der Waals surface area contributed by atoms with Gasteiger partial charge in [0.1, 0.15) is 0 Å². The fraction of sp³-hybridized carbons (Fsp3) is 0.760. The molecular weight excluding hydrogens is 907 g/mol. The number of hydrogen-bond donors (Lipinski definition) is 0. The fourth-order valence-electron chi connectivity index (χ4n) is 8.86. The minimum absolute atomic E-state index is 0. The highest BCUT2D eigenvalue weighted by molar-refractivity contribution is 9.10. The van der Waals surface area contributed by atoms with Crippen LogP contribution in [0.3, 0.4) is 0 Å². The Labute approximate surface area is 405 Å². The summed E-state index contributed by atoms with van der Waals surface area (Å²) < 4.78 is 50.2. The molecule has 0 radical (unpaired) electrons. The maximum absolute atomic E-state index is 12.5. The van der Waals surface area contributed by atoms with Crippen LogP contribution in [0.4, 0.5) is 0 Å². The van der Waals surface area contributed by atoms with Crippen LogP contribution in [-0.4, -0.2) is 116 Å². The van der Waals surface area contributed by atoms with Crippen LogP contribution in [-0.2, 0) is 63.7 Å². The molecule has 14 nitrogen and oxygen atoms in total. The van der Waals surface area contributed by atoms with Crippen LogP contribution in [0.25, 0.3) is 5.57 Å². The number of fused-ring (bicyclic) bond motifs is 2. The van der Waals surface area contributed by atoms with Gasteiger partial charge >= 0.3 is 19.1 Å². The summed E-state index contributed by atoms with van der Waals surface area (Å²) in [7, 11) is -0.211. The summed E-state index contributed by atoms with van der Waals surface area (Å²) in [5.41, 5.74) is 6.27. The summed E-state index contributed by atoms with van der Waals surface area (Å²) in [6, 6.07) is 0. The molecule has 0 spiro atoms. The predicted octanol–water partition coefficient (Wildman–Crippen LogP) is 10.5. The number of allylic oxidation sites excluding steroid dienone is 4. The first kappa shape index (κ1) is 57.5. The van der Waals surface area contributed by atoms with Crippen molar-refractivity contribution in [1.82, 2.24) is 19.6 Å². The molecule has 3 aliphatic heterocycles. The Hall–Kier alpha value is -2.86. The number of ether oxygens (including phenoxy) is 6. The molecule has 1 fully saturated rings. The van der Waals surface area contributed by atoms with Crippen molar-refractivity contribution in [2.24, 2.45) is 10.8 Å². The van der Waals surface area contributed by atoms with Crippen LogP contribution in [0.2, 0.25) is 0 Å². The first-order chi connectivity index (χ1) is 30.6. The van der Waals surface area contributed by atoms with Gasteiger partial charge in [-0.1, -0.05) is 27.0 Å². The lowest BCUT2D eigenvalue weighted by atomic mass is 9.66. The van der Waals surface area contributed by atoms with Gasteiger partial charge in [0.2, 0.25) is 0 Å². The lowest BCUT2D eigenvalue weighted by Crippen LogP contribution is -2.41. The number of hydrogen-bond acceptors (Lipinski definition) is 12. The fourth-order valence-corrected chi connectivity index (χ4v) is 9.50. The van der Waals surface area contributed by atoms with E-state index in [1.165, 1.54) is 16.7 Å². The van der Waals surface area contributed by atoms with Gasteiger partial charge in [0.05, 0.1) is 61.0 Å². The molecule has 5 aliphatic rings. The molecule has 2 aromatic rings. The number of carbonyl (C=O) groups is 2. The number of nitrogens with zero attached hydrogens (tertiary/aromatic N) is 4. The van der Waals surface area contributed by atoms with E-state index in [9.17, 15) is 9.59 Å². The predicted molar refractivity (Wildman–Crippen MR) is 265 cm³/mol. The van der Waals surface area contributed by atoms with E-state index in [0.717, 1.165) is 119 Å². The van der Waals surface area contributed by atoms with Gasteiger partial charge in [-0.3, -0.25) is 9.36 Å². The highest BCUT2D eigenvalue weighted by Gasteiger charge is 2.53. The average molecular weight is 992 g/mol. The molecule has 0 N–H and O–H groups in total. The van der Waals surface area contributed by atoms with E-state index >= 15 is 0 Å². The zero-order valence-electron chi connectivity index (χ0n) is 40.5. The van der Waals surface area contributed by atoms with Crippen LogP contribution in [0.15, 0.2) is 22.1 Å². The van der Waals surface area contributed by atoms with E-state index in [-0.39, 0.29) is 55.9 Å². The zero-order valence-corrected chi connectivity index (χ0v) is 42.1. The number of esters is 2.